The van der Waals surface area contributed by atoms with Crippen molar-refractivity contribution in [3.05, 3.63) is 12.7 Å². The molecular formula is C13H28N2. The smallest absolute Gasteiger partial charge is 0.0217 e. The van der Waals surface area contributed by atoms with Crippen LogP contribution in [0.25, 0.3) is 0 Å². The minimum Gasteiger partial charge on any atom is -0.326 e. The van der Waals surface area contributed by atoms with Crippen LogP contribution in [0.15, 0.2) is 12.7 Å². The molecule has 0 fully saturated rings. The van der Waals surface area contributed by atoms with Gasteiger partial charge in [-0.3, -0.25) is 4.90 Å². The van der Waals surface area contributed by atoms with Gasteiger partial charge in [-0.15, -0.1) is 6.58 Å². The van der Waals surface area contributed by atoms with Gasteiger partial charge >= 0.3 is 0 Å². The number of nitrogens with zero attached hydrogens (tertiary/aromatic N) is 1. The molecule has 2 heteroatoms. The molecule has 1 atom stereocenters. The summed E-state index contributed by atoms with van der Waals surface area (Å²) < 4.78 is 0. The first-order valence-electron chi connectivity index (χ1n) is 5.70. The molecule has 0 aromatic rings. The van der Waals surface area contributed by atoms with E-state index in [-0.39, 0.29) is 17.0 Å². The molecule has 1 unspecified atom stereocenters. The largest absolute Gasteiger partial charge is 0.326 e. The average molecular weight is 212 g/mol. The SMILES string of the molecule is C=CCN(CC(N)C(C)(C)C)C(C)(C)C. The van der Waals surface area contributed by atoms with Crippen LogP contribution >= 0.6 is 0 Å². The lowest BCUT2D eigenvalue weighted by Gasteiger charge is -2.39. The van der Waals surface area contributed by atoms with Crippen LogP contribution in [0.4, 0.5) is 0 Å². The summed E-state index contributed by atoms with van der Waals surface area (Å²) in [7, 11) is 0. The van der Waals surface area contributed by atoms with Crippen LogP contribution in [0.3, 0.4) is 0 Å². The van der Waals surface area contributed by atoms with Gasteiger partial charge in [0.25, 0.3) is 0 Å². The molecule has 0 aromatic heterocycles. The van der Waals surface area contributed by atoms with Gasteiger partial charge in [0.2, 0.25) is 0 Å². The maximum atomic E-state index is 6.20. The van der Waals surface area contributed by atoms with Crippen molar-refractivity contribution in [2.24, 2.45) is 11.1 Å². The lowest BCUT2D eigenvalue weighted by Crippen LogP contribution is -2.51. The monoisotopic (exact) mass is 212 g/mol. The summed E-state index contributed by atoms with van der Waals surface area (Å²) in [5.41, 5.74) is 6.51. The third-order valence-corrected chi connectivity index (χ3v) is 2.83. The highest BCUT2D eigenvalue weighted by atomic mass is 15.2. The maximum absolute atomic E-state index is 6.20. The molecule has 0 spiro atoms. The summed E-state index contributed by atoms with van der Waals surface area (Å²) in [6.45, 7) is 18.8. The van der Waals surface area contributed by atoms with Gasteiger partial charge in [-0.2, -0.15) is 0 Å². The fourth-order valence-corrected chi connectivity index (χ4v) is 1.29. The molecular weight excluding hydrogens is 184 g/mol. The molecule has 15 heavy (non-hydrogen) atoms. The Balaban J connectivity index is 4.49. The van der Waals surface area contributed by atoms with Crippen molar-refractivity contribution >= 4 is 0 Å². The lowest BCUT2D eigenvalue weighted by molar-refractivity contribution is 0.119. The van der Waals surface area contributed by atoms with Crippen LogP contribution in [0, 0.1) is 5.41 Å². The Morgan fingerprint density at radius 1 is 1.20 bits per heavy atom. The molecule has 0 aliphatic rings. The summed E-state index contributed by atoms with van der Waals surface area (Å²) in [4.78, 5) is 2.37. The maximum Gasteiger partial charge on any atom is 0.0217 e. The van der Waals surface area contributed by atoms with E-state index in [1.54, 1.807) is 0 Å². The van der Waals surface area contributed by atoms with Crippen molar-refractivity contribution in [1.29, 1.82) is 0 Å². The molecule has 2 N–H and O–H groups in total. The molecule has 0 aliphatic heterocycles. The van der Waals surface area contributed by atoms with Gasteiger partial charge in [0.05, 0.1) is 0 Å². The van der Waals surface area contributed by atoms with Crippen LogP contribution in [0.1, 0.15) is 41.5 Å². The Morgan fingerprint density at radius 2 is 1.67 bits per heavy atom. The van der Waals surface area contributed by atoms with E-state index >= 15 is 0 Å². The van der Waals surface area contributed by atoms with Crippen molar-refractivity contribution in [2.45, 2.75) is 53.1 Å². The zero-order valence-electron chi connectivity index (χ0n) is 11.3. The van der Waals surface area contributed by atoms with Gasteiger partial charge in [-0.25, -0.2) is 0 Å². The number of hydrogen-bond acceptors (Lipinski definition) is 2. The van der Waals surface area contributed by atoms with Crippen molar-refractivity contribution in [3.63, 3.8) is 0 Å². The molecule has 0 heterocycles. The van der Waals surface area contributed by atoms with Crippen LogP contribution < -0.4 is 5.73 Å². The zero-order valence-corrected chi connectivity index (χ0v) is 11.3. The molecule has 2 nitrogen and oxygen atoms in total. The first kappa shape index (κ1) is 14.7. The van der Waals surface area contributed by atoms with E-state index in [9.17, 15) is 0 Å². The topological polar surface area (TPSA) is 29.3 Å². The van der Waals surface area contributed by atoms with Crippen LogP contribution in [0.2, 0.25) is 0 Å². The summed E-state index contributed by atoms with van der Waals surface area (Å²) in [6.07, 6.45) is 1.95. The zero-order chi connectivity index (χ0) is 12.3. The summed E-state index contributed by atoms with van der Waals surface area (Å²) >= 11 is 0. The Hall–Kier alpha value is -0.340. The summed E-state index contributed by atoms with van der Waals surface area (Å²) in [6, 6.07) is 0.191. The molecule has 90 valence electrons. The third kappa shape index (κ3) is 5.33. The lowest BCUT2D eigenvalue weighted by atomic mass is 9.86. The van der Waals surface area contributed by atoms with Crippen LogP contribution in [-0.2, 0) is 0 Å². The van der Waals surface area contributed by atoms with Gasteiger partial charge < -0.3 is 5.73 Å². The molecule has 0 aromatic carbocycles. The van der Waals surface area contributed by atoms with Crippen molar-refractivity contribution < 1.29 is 0 Å². The van der Waals surface area contributed by atoms with E-state index in [1.165, 1.54) is 0 Å². The Labute approximate surface area is 95.5 Å². The predicted molar refractivity (Wildman–Crippen MR) is 69.0 cm³/mol. The van der Waals surface area contributed by atoms with Crippen molar-refractivity contribution in [3.8, 4) is 0 Å². The van der Waals surface area contributed by atoms with E-state index in [0.29, 0.717) is 0 Å². The highest BCUT2D eigenvalue weighted by molar-refractivity contribution is 4.88. The summed E-state index contributed by atoms with van der Waals surface area (Å²) in [5.74, 6) is 0. The second kappa shape index (κ2) is 5.13. The average Bonchev–Trinajstić information content (AvgIpc) is 1.99. The number of rotatable bonds is 4. The van der Waals surface area contributed by atoms with E-state index < -0.39 is 0 Å². The molecule has 0 amide bonds. The number of nitrogens with two attached hydrogens (primary N) is 1. The summed E-state index contributed by atoms with van der Waals surface area (Å²) in [5, 5.41) is 0. The predicted octanol–water partition coefficient (Wildman–Crippen LogP) is 2.65. The van der Waals surface area contributed by atoms with E-state index in [2.05, 4.69) is 53.0 Å². The van der Waals surface area contributed by atoms with Gasteiger partial charge in [0.15, 0.2) is 0 Å². The highest BCUT2D eigenvalue weighted by Gasteiger charge is 2.27. The first-order chi connectivity index (χ1) is 6.59. The Kier molecular flexibility index (Phi) is 5.01. The third-order valence-electron chi connectivity index (χ3n) is 2.83. The van der Waals surface area contributed by atoms with E-state index in [0.717, 1.165) is 13.1 Å². The minimum absolute atomic E-state index is 0.150. The fourth-order valence-electron chi connectivity index (χ4n) is 1.29. The Bertz CT molecular complexity index is 196. The fraction of sp³-hybridized carbons (Fsp3) is 0.846. The second-order valence-corrected chi connectivity index (χ2v) is 6.34. The van der Waals surface area contributed by atoms with Crippen LogP contribution in [-0.4, -0.2) is 29.6 Å². The molecule has 0 rings (SSSR count). The first-order valence-corrected chi connectivity index (χ1v) is 5.70. The number of hydrogen-bond donors (Lipinski definition) is 1. The van der Waals surface area contributed by atoms with Crippen LogP contribution in [0.5, 0.6) is 0 Å². The molecule has 0 saturated heterocycles. The van der Waals surface area contributed by atoms with E-state index in [1.807, 2.05) is 6.08 Å². The highest BCUT2D eigenvalue weighted by Crippen LogP contribution is 2.21. The molecule has 0 saturated carbocycles. The molecule has 0 radical (unpaired) electrons. The Morgan fingerprint density at radius 3 is 1.93 bits per heavy atom. The van der Waals surface area contributed by atoms with Gasteiger partial charge in [0.1, 0.15) is 0 Å². The van der Waals surface area contributed by atoms with Gasteiger partial charge in [-0.05, 0) is 26.2 Å². The normalized spacial score (nSPS) is 15.5. The van der Waals surface area contributed by atoms with Gasteiger partial charge in [0, 0.05) is 24.7 Å². The van der Waals surface area contributed by atoms with Gasteiger partial charge in [-0.1, -0.05) is 26.8 Å². The second-order valence-electron chi connectivity index (χ2n) is 6.34. The standard InChI is InChI=1S/C13H28N2/c1-8-9-15(13(5,6)7)10-11(14)12(2,3)4/h8,11H,1,9-10,14H2,2-7H3. The molecule has 0 aliphatic carbocycles. The van der Waals surface area contributed by atoms with E-state index in [4.69, 9.17) is 5.73 Å². The molecule has 0 bridgehead atoms. The minimum atomic E-state index is 0.150. The van der Waals surface area contributed by atoms with Crippen molar-refractivity contribution in [2.75, 3.05) is 13.1 Å². The quantitative estimate of drug-likeness (QED) is 0.726. The van der Waals surface area contributed by atoms with Crippen molar-refractivity contribution in [1.82, 2.24) is 4.90 Å².